The topological polar surface area (TPSA) is 50.4 Å². The van der Waals surface area contributed by atoms with Crippen LogP contribution in [0.1, 0.15) is 18.6 Å². The Balaban J connectivity index is 2.63. The number of benzene rings is 1. The number of carbonyl (C=O) groups excluding carboxylic acids is 1. The van der Waals surface area contributed by atoms with Crippen LogP contribution in [0.25, 0.3) is 0 Å². The largest absolute Gasteiger partial charge is 0.375 e. The van der Waals surface area contributed by atoms with E-state index in [9.17, 15) is 9.18 Å². The Hall–Kier alpha value is -1.14. The van der Waals surface area contributed by atoms with Crippen molar-refractivity contribution >= 4 is 22.0 Å². The average Bonchev–Trinajstić information content (AvgIpc) is 2.39. The highest BCUT2D eigenvalue weighted by Crippen LogP contribution is 2.22. The lowest BCUT2D eigenvalue weighted by Crippen LogP contribution is -2.44. The highest BCUT2D eigenvalue weighted by molar-refractivity contribution is 9.10. The van der Waals surface area contributed by atoms with Crippen molar-refractivity contribution in [2.45, 2.75) is 19.1 Å². The summed E-state index contributed by atoms with van der Waals surface area (Å²) in [5, 5.41) is 5.14. The van der Waals surface area contributed by atoms with Crippen LogP contribution < -0.4 is 10.6 Å². The number of rotatable bonds is 6. The molecular formula is C13H18BrFN2O2. The van der Waals surface area contributed by atoms with Crippen LogP contribution in [0.15, 0.2) is 28.7 Å². The van der Waals surface area contributed by atoms with Gasteiger partial charge in [0.15, 0.2) is 0 Å². The Morgan fingerprint density at radius 3 is 2.58 bits per heavy atom. The molecule has 1 aromatic carbocycles. The van der Waals surface area contributed by atoms with Crippen molar-refractivity contribution < 1.29 is 13.9 Å². The molecule has 1 rings (SSSR count). The fourth-order valence-corrected chi connectivity index (χ4v) is 2.04. The van der Waals surface area contributed by atoms with E-state index in [1.54, 1.807) is 7.11 Å². The number of alkyl halides is 1. The maximum absolute atomic E-state index is 11.9. The van der Waals surface area contributed by atoms with Gasteiger partial charge in [-0.3, -0.25) is 0 Å². The van der Waals surface area contributed by atoms with Gasteiger partial charge in [-0.15, -0.1) is 0 Å². The number of urea groups is 1. The van der Waals surface area contributed by atoms with E-state index in [0.717, 1.165) is 10.0 Å². The van der Waals surface area contributed by atoms with Crippen molar-refractivity contribution in [1.82, 2.24) is 10.6 Å². The summed E-state index contributed by atoms with van der Waals surface area (Å²) in [6.45, 7) is 1.27. The molecule has 0 unspecified atom stereocenters. The lowest BCUT2D eigenvalue weighted by molar-refractivity contribution is 0.0762. The van der Waals surface area contributed by atoms with Crippen LogP contribution in [0, 0.1) is 0 Å². The first-order chi connectivity index (χ1) is 9.08. The van der Waals surface area contributed by atoms with Crippen molar-refractivity contribution in [3.05, 3.63) is 34.3 Å². The van der Waals surface area contributed by atoms with Gasteiger partial charge in [-0.25, -0.2) is 9.18 Å². The number of hydrogen-bond donors (Lipinski definition) is 2. The zero-order valence-corrected chi connectivity index (χ0v) is 12.5. The molecule has 0 heterocycles. The Morgan fingerprint density at radius 1 is 1.42 bits per heavy atom. The van der Waals surface area contributed by atoms with E-state index in [2.05, 4.69) is 26.6 Å². The van der Waals surface area contributed by atoms with E-state index >= 15 is 0 Å². The molecule has 2 atom stereocenters. The minimum atomic E-state index is -0.581. The third-order valence-electron chi connectivity index (χ3n) is 2.65. The highest BCUT2D eigenvalue weighted by Gasteiger charge is 2.20. The van der Waals surface area contributed by atoms with Gasteiger partial charge in [0.25, 0.3) is 0 Å². The van der Waals surface area contributed by atoms with Gasteiger partial charge in [0.05, 0.1) is 6.04 Å². The zero-order chi connectivity index (χ0) is 14.3. The third-order valence-corrected chi connectivity index (χ3v) is 3.17. The van der Waals surface area contributed by atoms with Crippen LogP contribution in [0.4, 0.5) is 9.18 Å². The third kappa shape index (κ3) is 5.16. The number of amides is 2. The van der Waals surface area contributed by atoms with E-state index < -0.39 is 12.7 Å². The van der Waals surface area contributed by atoms with Crippen molar-refractivity contribution in [3.63, 3.8) is 0 Å². The zero-order valence-electron chi connectivity index (χ0n) is 11.0. The molecule has 0 saturated heterocycles. The van der Waals surface area contributed by atoms with Gasteiger partial charge >= 0.3 is 6.03 Å². The molecule has 0 aliphatic heterocycles. The van der Waals surface area contributed by atoms with E-state index in [-0.39, 0.29) is 18.7 Å². The predicted octanol–water partition coefficient (Wildman–Crippen LogP) is 2.79. The summed E-state index contributed by atoms with van der Waals surface area (Å²) in [7, 11) is 1.59. The SMILES string of the molecule is CO[C@H](c1ccc(Br)cc1)[C@H](C)NC(=O)NCCF. The lowest BCUT2D eigenvalue weighted by Gasteiger charge is -2.24. The Morgan fingerprint density at radius 2 is 2.05 bits per heavy atom. The van der Waals surface area contributed by atoms with Crippen LogP contribution in [0.5, 0.6) is 0 Å². The molecule has 106 valence electrons. The maximum atomic E-state index is 11.9. The average molecular weight is 333 g/mol. The van der Waals surface area contributed by atoms with Gasteiger partial charge in [-0.2, -0.15) is 0 Å². The summed E-state index contributed by atoms with van der Waals surface area (Å²) in [5.41, 5.74) is 0.962. The molecule has 6 heteroatoms. The van der Waals surface area contributed by atoms with E-state index in [1.165, 1.54) is 0 Å². The molecule has 0 bridgehead atoms. The summed E-state index contributed by atoms with van der Waals surface area (Å²) < 4.78 is 18.3. The second kappa shape index (κ2) is 8.12. The smallest absolute Gasteiger partial charge is 0.315 e. The van der Waals surface area contributed by atoms with Crippen molar-refractivity contribution in [2.75, 3.05) is 20.3 Å². The lowest BCUT2D eigenvalue weighted by atomic mass is 10.0. The second-order valence-electron chi connectivity index (χ2n) is 4.09. The van der Waals surface area contributed by atoms with Crippen molar-refractivity contribution in [1.29, 1.82) is 0 Å². The van der Waals surface area contributed by atoms with Crippen LogP contribution in [0.2, 0.25) is 0 Å². The van der Waals surface area contributed by atoms with Gasteiger partial charge in [0, 0.05) is 18.1 Å². The standard InChI is InChI=1S/C13H18BrFN2O2/c1-9(17-13(18)16-8-7-15)12(19-2)10-3-5-11(14)6-4-10/h3-6,9,12H,7-8H2,1-2H3,(H2,16,17,18)/t9-,12-/m0/s1. The number of hydrogen-bond acceptors (Lipinski definition) is 2. The molecule has 0 aromatic heterocycles. The molecule has 0 aliphatic rings. The maximum Gasteiger partial charge on any atom is 0.315 e. The van der Waals surface area contributed by atoms with E-state index in [1.807, 2.05) is 31.2 Å². The van der Waals surface area contributed by atoms with Crippen molar-refractivity contribution in [2.24, 2.45) is 0 Å². The Bertz CT molecular complexity index is 400. The molecular weight excluding hydrogens is 315 g/mol. The fraction of sp³-hybridized carbons (Fsp3) is 0.462. The molecule has 4 nitrogen and oxygen atoms in total. The number of nitrogens with one attached hydrogen (secondary N) is 2. The van der Waals surface area contributed by atoms with Gasteiger partial charge in [-0.05, 0) is 24.6 Å². The number of halogens is 2. The molecule has 1 aromatic rings. The molecule has 0 fully saturated rings. The second-order valence-corrected chi connectivity index (χ2v) is 5.00. The minimum absolute atomic E-state index is 0.00842. The molecule has 0 aliphatic carbocycles. The van der Waals surface area contributed by atoms with Crippen LogP contribution in [0.3, 0.4) is 0 Å². The van der Waals surface area contributed by atoms with Gasteiger partial charge in [-0.1, -0.05) is 28.1 Å². The van der Waals surface area contributed by atoms with Crippen molar-refractivity contribution in [3.8, 4) is 0 Å². The number of ether oxygens (including phenoxy) is 1. The van der Waals surface area contributed by atoms with E-state index in [4.69, 9.17) is 4.74 Å². The summed E-state index contributed by atoms with van der Waals surface area (Å²) in [5.74, 6) is 0. The summed E-state index contributed by atoms with van der Waals surface area (Å²) in [4.78, 5) is 11.5. The highest BCUT2D eigenvalue weighted by atomic mass is 79.9. The Kier molecular flexibility index (Phi) is 6.80. The van der Waals surface area contributed by atoms with Gasteiger partial charge in [0.1, 0.15) is 12.8 Å². The Labute approximate surface area is 120 Å². The molecule has 0 radical (unpaired) electrons. The predicted molar refractivity (Wildman–Crippen MR) is 75.9 cm³/mol. The molecule has 0 spiro atoms. The first-order valence-corrected chi connectivity index (χ1v) is 6.76. The first-order valence-electron chi connectivity index (χ1n) is 5.97. The summed E-state index contributed by atoms with van der Waals surface area (Å²) in [6, 6.07) is 7.05. The number of methoxy groups -OCH3 is 1. The number of carbonyl (C=O) groups is 1. The molecule has 2 N–H and O–H groups in total. The van der Waals surface area contributed by atoms with Gasteiger partial charge < -0.3 is 15.4 Å². The molecule has 0 saturated carbocycles. The normalized spacial score (nSPS) is 13.7. The van der Waals surface area contributed by atoms with E-state index in [0.29, 0.717) is 0 Å². The quantitative estimate of drug-likeness (QED) is 0.841. The minimum Gasteiger partial charge on any atom is -0.375 e. The summed E-state index contributed by atoms with van der Waals surface area (Å²) >= 11 is 3.37. The van der Waals surface area contributed by atoms with Crippen LogP contribution in [-0.4, -0.2) is 32.4 Å². The van der Waals surface area contributed by atoms with Gasteiger partial charge in [0.2, 0.25) is 0 Å². The first kappa shape index (κ1) is 15.9. The monoisotopic (exact) mass is 332 g/mol. The fourth-order valence-electron chi connectivity index (χ4n) is 1.78. The molecule has 19 heavy (non-hydrogen) atoms. The molecule has 2 amide bonds. The summed E-state index contributed by atoms with van der Waals surface area (Å²) in [6.07, 6.45) is -0.260. The van der Waals surface area contributed by atoms with Crippen LogP contribution >= 0.6 is 15.9 Å². The van der Waals surface area contributed by atoms with Crippen LogP contribution in [-0.2, 0) is 4.74 Å².